The summed E-state index contributed by atoms with van der Waals surface area (Å²) in [6.45, 7) is 0.845. The summed E-state index contributed by atoms with van der Waals surface area (Å²) in [5.41, 5.74) is 0. The normalized spacial score (nSPS) is 14.6. The van der Waals surface area contributed by atoms with Crippen molar-refractivity contribution < 1.29 is 14.1 Å². The largest absolute Gasteiger partial charge is 0.484 e. The van der Waals surface area contributed by atoms with Gasteiger partial charge in [0.15, 0.2) is 12.4 Å². The number of likely N-dealkylation sites (N-methyl/N-ethyl adjacent to an activating group) is 1. The Morgan fingerprint density at radius 2 is 2.04 bits per heavy atom. The number of nitrogens with zero attached hydrogens (tertiary/aromatic N) is 3. The van der Waals surface area contributed by atoms with Crippen LogP contribution in [0.15, 0.2) is 34.9 Å². The van der Waals surface area contributed by atoms with Crippen LogP contribution < -0.4 is 4.74 Å². The van der Waals surface area contributed by atoms with E-state index < -0.39 is 0 Å². The van der Waals surface area contributed by atoms with Crippen LogP contribution in [0.4, 0.5) is 0 Å². The molecule has 1 amide bonds. The molecule has 0 spiro atoms. The van der Waals surface area contributed by atoms with Gasteiger partial charge in [0.1, 0.15) is 5.75 Å². The molecule has 0 aliphatic heterocycles. The van der Waals surface area contributed by atoms with Crippen molar-refractivity contribution in [2.75, 3.05) is 13.6 Å². The van der Waals surface area contributed by atoms with Crippen molar-refractivity contribution in [3.05, 3.63) is 42.0 Å². The van der Waals surface area contributed by atoms with Crippen molar-refractivity contribution in [3.63, 3.8) is 0 Å². The molecule has 0 radical (unpaired) electrons. The number of ether oxygens (including phenoxy) is 1. The van der Waals surface area contributed by atoms with Gasteiger partial charge >= 0.3 is 0 Å². The van der Waals surface area contributed by atoms with E-state index in [0.717, 1.165) is 5.75 Å². The molecule has 134 valence electrons. The lowest BCUT2D eigenvalue weighted by Crippen LogP contribution is -2.30. The Morgan fingerprint density at radius 3 is 2.80 bits per heavy atom. The Kier molecular flexibility index (Phi) is 6.04. The van der Waals surface area contributed by atoms with Crippen LogP contribution in [-0.4, -0.2) is 34.5 Å². The van der Waals surface area contributed by atoms with Crippen LogP contribution >= 0.6 is 0 Å². The van der Waals surface area contributed by atoms with Crippen molar-refractivity contribution in [2.45, 2.75) is 45.1 Å². The van der Waals surface area contributed by atoms with Crippen molar-refractivity contribution >= 4 is 5.91 Å². The summed E-state index contributed by atoms with van der Waals surface area (Å²) in [6.07, 6.45) is 6.15. The van der Waals surface area contributed by atoms with Gasteiger partial charge in [-0.25, -0.2) is 0 Å². The van der Waals surface area contributed by atoms with E-state index in [1.165, 1.54) is 25.7 Å². The van der Waals surface area contributed by atoms with Crippen molar-refractivity contribution in [1.82, 2.24) is 15.0 Å². The molecule has 1 heterocycles. The number of hydrogen-bond acceptors (Lipinski definition) is 5. The number of carbonyl (C=O) groups is 1. The van der Waals surface area contributed by atoms with E-state index in [2.05, 4.69) is 10.1 Å². The van der Waals surface area contributed by atoms with E-state index in [1.807, 2.05) is 37.4 Å². The van der Waals surface area contributed by atoms with Crippen LogP contribution in [0.25, 0.3) is 0 Å². The second kappa shape index (κ2) is 8.65. The van der Waals surface area contributed by atoms with Crippen molar-refractivity contribution in [1.29, 1.82) is 0 Å². The minimum Gasteiger partial charge on any atom is -0.484 e. The molecule has 2 aromatic rings. The summed E-state index contributed by atoms with van der Waals surface area (Å²) < 4.78 is 10.8. The molecule has 0 saturated heterocycles. The Bertz CT molecular complexity index is 666. The minimum absolute atomic E-state index is 0.211. The predicted molar refractivity (Wildman–Crippen MR) is 93.0 cm³/mol. The molecule has 0 N–H and O–H groups in total. The molecule has 1 aromatic heterocycles. The minimum atomic E-state index is 0.211. The first-order chi connectivity index (χ1) is 12.2. The molecule has 25 heavy (non-hydrogen) atoms. The Morgan fingerprint density at radius 1 is 1.28 bits per heavy atom. The maximum absolute atomic E-state index is 12.2. The lowest BCUT2D eigenvalue weighted by atomic mass is 10.0. The monoisotopic (exact) mass is 343 g/mol. The molecule has 6 heteroatoms. The number of hydrogen-bond donors (Lipinski definition) is 0. The highest BCUT2D eigenvalue weighted by Crippen LogP contribution is 2.27. The van der Waals surface area contributed by atoms with E-state index in [0.29, 0.717) is 37.0 Å². The van der Waals surface area contributed by atoms with E-state index in [4.69, 9.17) is 9.26 Å². The number of amides is 1. The summed E-state index contributed by atoms with van der Waals surface area (Å²) in [4.78, 5) is 18.3. The molecule has 1 aliphatic rings. The smallest absolute Gasteiger partial charge is 0.264 e. The fraction of sp³-hybridized carbons (Fsp3) is 0.526. The van der Waals surface area contributed by atoms with E-state index in [9.17, 15) is 4.79 Å². The molecule has 1 aliphatic carbocycles. The van der Waals surface area contributed by atoms with Crippen molar-refractivity contribution in [2.24, 2.45) is 5.92 Å². The Balaban J connectivity index is 1.41. The molecule has 0 unspecified atom stereocenters. The van der Waals surface area contributed by atoms with Crippen LogP contribution in [0, 0.1) is 5.92 Å². The van der Waals surface area contributed by atoms with Crippen LogP contribution in [0.3, 0.4) is 0 Å². The lowest BCUT2D eigenvalue weighted by molar-refractivity contribution is -0.130. The first-order valence-electron chi connectivity index (χ1n) is 8.94. The zero-order valence-electron chi connectivity index (χ0n) is 14.7. The average molecular weight is 343 g/mol. The van der Waals surface area contributed by atoms with Gasteiger partial charge in [-0.1, -0.05) is 36.2 Å². The third kappa shape index (κ3) is 5.31. The predicted octanol–water partition coefficient (Wildman–Crippen LogP) is 3.23. The highest BCUT2D eigenvalue weighted by molar-refractivity contribution is 5.76. The summed E-state index contributed by atoms with van der Waals surface area (Å²) in [6, 6.07) is 9.51. The second-order valence-electron chi connectivity index (χ2n) is 6.63. The van der Waals surface area contributed by atoms with Crippen LogP contribution in [0.2, 0.25) is 0 Å². The summed E-state index contributed by atoms with van der Waals surface area (Å²) >= 11 is 0. The molecule has 0 atom stereocenters. The van der Waals surface area contributed by atoms with Gasteiger partial charge in [0.05, 0.1) is 0 Å². The number of benzene rings is 1. The third-order valence-electron chi connectivity index (χ3n) is 4.65. The highest BCUT2D eigenvalue weighted by atomic mass is 16.5. The van der Waals surface area contributed by atoms with Gasteiger partial charge in [-0.2, -0.15) is 4.98 Å². The molecule has 0 bridgehead atoms. The summed E-state index contributed by atoms with van der Waals surface area (Å²) in [5.74, 6) is 2.59. The van der Waals surface area contributed by atoms with Crippen LogP contribution in [0.5, 0.6) is 5.75 Å². The van der Waals surface area contributed by atoms with Gasteiger partial charge in [-0.05, 0) is 30.9 Å². The van der Waals surface area contributed by atoms with Gasteiger partial charge in [-0.3, -0.25) is 4.79 Å². The first-order valence-corrected chi connectivity index (χ1v) is 8.94. The third-order valence-corrected chi connectivity index (χ3v) is 4.65. The van der Waals surface area contributed by atoms with E-state index in [1.54, 1.807) is 4.90 Å². The Labute approximate surface area is 148 Å². The standard InChI is InChI=1S/C19H25N3O3/c1-22(19(23)13-15-7-5-6-8-15)12-11-17-20-18(25-21-17)14-24-16-9-3-2-4-10-16/h2-4,9-10,15H,5-8,11-14H2,1H3. The zero-order valence-corrected chi connectivity index (χ0v) is 14.7. The number of carbonyl (C=O) groups excluding carboxylic acids is 1. The molecule has 1 saturated carbocycles. The average Bonchev–Trinajstić information content (AvgIpc) is 3.30. The summed E-state index contributed by atoms with van der Waals surface area (Å²) in [5, 5.41) is 3.96. The van der Waals surface area contributed by atoms with Gasteiger partial charge in [0, 0.05) is 26.4 Å². The van der Waals surface area contributed by atoms with Gasteiger partial charge in [-0.15, -0.1) is 0 Å². The molecular weight excluding hydrogens is 318 g/mol. The highest BCUT2D eigenvalue weighted by Gasteiger charge is 2.20. The molecule has 6 nitrogen and oxygen atoms in total. The summed E-state index contributed by atoms with van der Waals surface area (Å²) in [7, 11) is 1.84. The molecule has 1 aromatic carbocycles. The molecule has 3 rings (SSSR count). The fourth-order valence-corrected chi connectivity index (χ4v) is 3.12. The van der Waals surface area contributed by atoms with Gasteiger partial charge in [0.25, 0.3) is 5.89 Å². The van der Waals surface area contributed by atoms with Gasteiger partial charge < -0.3 is 14.2 Å². The van der Waals surface area contributed by atoms with Crippen LogP contribution in [0.1, 0.15) is 43.8 Å². The SMILES string of the molecule is CN(CCc1noc(COc2ccccc2)n1)C(=O)CC1CCCC1. The quantitative estimate of drug-likeness (QED) is 0.736. The van der Waals surface area contributed by atoms with Crippen molar-refractivity contribution in [3.8, 4) is 5.75 Å². The topological polar surface area (TPSA) is 68.5 Å². The van der Waals surface area contributed by atoms with Gasteiger partial charge in [0.2, 0.25) is 5.91 Å². The molecule has 1 fully saturated rings. The molecular formula is C19H25N3O3. The number of rotatable bonds is 8. The number of para-hydroxylation sites is 1. The lowest BCUT2D eigenvalue weighted by Gasteiger charge is -2.18. The maximum Gasteiger partial charge on any atom is 0.264 e. The Hall–Kier alpha value is -2.37. The van der Waals surface area contributed by atoms with E-state index >= 15 is 0 Å². The zero-order chi connectivity index (χ0) is 17.5. The number of aromatic nitrogens is 2. The second-order valence-corrected chi connectivity index (χ2v) is 6.63. The first kappa shape index (κ1) is 17.5. The van der Waals surface area contributed by atoms with E-state index in [-0.39, 0.29) is 12.5 Å². The fourth-order valence-electron chi connectivity index (χ4n) is 3.12. The maximum atomic E-state index is 12.2. The van der Waals surface area contributed by atoms with Crippen LogP contribution in [-0.2, 0) is 17.8 Å².